The van der Waals surface area contributed by atoms with Gasteiger partial charge in [-0.05, 0) is 35.6 Å². The van der Waals surface area contributed by atoms with Crippen molar-refractivity contribution in [2.45, 2.75) is 31.8 Å². The lowest BCUT2D eigenvalue weighted by atomic mass is 9.97. The van der Waals surface area contributed by atoms with Gasteiger partial charge in [-0.2, -0.15) is 0 Å². The first-order chi connectivity index (χ1) is 16.0. The molecule has 1 aliphatic heterocycles. The van der Waals surface area contributed by atoms with Crippen LogP contribution >= 0.6 is 0 Å². The summed E-state index contributed by atoms with van der Waals surface area (Å²) in [5.74, 6) is 0.163. The summed E-state index contributed by atoms with van der Waals surface area (Å²) in [6.07, 6.45) is 2.59. The predicted octanol–water partition coefficient (Wildman–Crippen LogP) is 2.24. The fourth-order valence-corrected chi connectivity index (χ4v) is 3.82. The molecular formula is C25H34N4O4. The molecule has 0 radical (unpaired) electrons. The van der Waals surface area contributed by atoms with Crippen LogP contribution in [0.25, 0.3) is 11.1 Å². The molecule has 1 atom stereocenters. The predicted molar refractivity (Wildman–Crippen MR) is 129 cm³/mol. The number of aryl methyl sites for hydroxylation is 1. The SMILES string of the molecule is COCCCOc1cc(CCC(=O)NC(=N)N)ccc1-c1cccc(CC2CNCCO2)c1. The second-order valence-electron chi connectivity index (χ2n) is 8.09. The van der Waals surface area contributed by atoms with Gasteiger partial charge in [0.25, 0.3) is 0 Å². The van der Waals surface area contributed by atoms with Gasteiger partial charge in [0.05, 0.1) is 19.3 Å². The maximum atomic E-state index is 11.9. The summed E-state index contributed by atoms with van der Waals surface area (Å²) in [5, 5.41) is 12.9. The maximum absolute atomic E-state index is 11.9. The molecule has 1 fully saturated rings. The zero-order valence-corrected chi connectivity index (χ0v) is 19.2. The van der Waals surface area contributed by atoms with Crippen molar-refractivity contribution in [3.8, 4) is 16.9 Å². The van der Waals surface area contributed by atoms with E-state index in [1.807, 2.05) is 18.2 Å². The number of rotatable bonds is 11. The maximum Gasteiger partial charge on any atom is 0.226 e. The van der Waals surface area contributed by atoms with Crippen LogP contribution in [0.4, 0.5) is 0 Å². The summed E-state index contributed by atoms with van der Waals surface area (Å²) in [7, 11) is 1.68. The molecule has 178 valence electrons. The number of benzene rings is 2. The van der Waals surface area contributed by atoms with Crippen molar-refractivity contribution in [3.05, 3.63) is 53.6 Å². The van der Waals surface area contributed by atoms with Gasteiger partial charge < -0.3 is 25.3 Å². The number of nitrogens with two attached hydrogens (primary N) is 1. The first kappa shape index (κ1) is 24.7. The number of hydrogen-bond acceptors (Lipinski definition) is 6. The van der Waals surface area contributed by atoms with Gasteiger partial charge in [0.1, 0.15) is 5.75 Å². The molecule has 0 bridgehead atoms. The second kappa shape index (κ2) is 12.9. The highest BCUT2D eigenvalue weighted by Crippen LogP contribution is 2.32. The quantitative estimate of drug-likeness (QED) is 0.235. The Labute approximate surface area is 195 Å². The Hall–Kier alpha value is -2.94. The molecule has 0 saturated carbocycles. The Kier molecular flexibility index (Phi) is 9.68. The van der Waals surface area contributed by atoms with E-state index < -0.39 is 0 Å². The van der Waals surface area contributed by atoms with E-state index in [1.165, 1.54) is 5.56 Å². The first-order valence-electron chi connectivity index (χ1n) is 11.4. The van der Waals surface area contributed by atoms with Crippen LogP contribution in [0, 0.1) is 5.41 Å². The van der Waals surface area contributed by atoms with Crippen molar-refractivity contribution in [1.82, 2.24) is 10.6 Å². The van der Waals surface area contributed by atoms with E-state index in [4.69, 9.17) is 25.4 Å². The molecule has 1 aliphatic rings. The molecular weight excluding hydrogens is 420 g/mol. The lowest BCUT2D eigenvalue weighted by Gasteiger charge is -2.23. The zero-order chi connectivity index (χ0) is 23.5. The van der Waals surface area contributed by atoms with Gasteiger partial charge in [0.2, 0.25) is 5.91 Å². The van der Waals surface area contributed by atoms with Crippen LogP contribution < -0.4 is 21.1 Å². The van der Waals surface area contributed by atoms with E-state index in [2.05, 4.69) is 34.9 Å². The smallest absolute Gasteiger partial charge is 0.226 e. The molecule has 0 aromatic heterocycles. The minimum absolute atomic E-state index is 0.183. The number of morpholine rings is 1. The fourth-order valence-electron chi connectivity index (χ4n) is 3.82. The van der Waals surface area contributed by atoms with Crippen LogP contribution in [0.3, 0.4) is 0 Å². The van der Waals surface area contributed by atoms with Crippen molar-refractivity contribution in [3.63, 3.8) is 0 Å². The summed E-state index contributed by atoms with van der Waals surface area (Å²) in [4.78, 5) is 11.9. The normalized spacial score (nSPS) is 15.7. The molecule has 1 amide bonds. The number of guanidine groups is 1. The van der Waals surface area contributed by atoms with Gasteiger partial charge in [-0.25, -0.2) is 0 Å². The van der Waals surface area contributed by atoms with Crippen molar-refractivity contribution in [2.75, 3.05) is 40.0 Å². The highest BCUT2D eigenvalue weighted by molar-refractivity contribution is 5.94. The number of carbonyl (C=O) groups excluding carboxylic acids is 1. The van der Waals surface area contributed by atoms with Crippen molar-refractivity contribution >= 4 is 11.9 Å². The standard InChI is InChI=1S/C25H34N4O4/c1-31-11-3-12-33-23-16-18(7-9-24(30)29-25(26)27)6-8-22(23)20-5-2-4-19(14-20)15-21-17-28-10-13-32-21/h2,4-6,8,14,16,21,28H,3,7,9-13,15,17H2,1H3,(H4,26,27,29,30). The molecule has 8 nitrogen and oxygen atoms in total. The van der Waals surface area contributed by atoms with Gasteiger partial charge in [-0.1, -0.05) is 36.4 Å². The van der Waals surface area contributed by atoms with Gasteiger partial charge in [-0.3, -0.25) is 15.5 Å². The molecule has 0 aliphatic carbocycles. The van der Waals surface area contributed by atoms with E-state index in [0.717, 1.165) is 55.0 Å². The second-order valence-corrected chi connectivity index (χ2v) is 8.09. The van der Waals surface area contributed by atoms with Crippen LogP contribution in [0.5, 0.6) is 5.75 Å². The highest BCUT2D eigenvalue weighted by Gasteiger charge is 2.15. The molecule has 2 aromatic rings. The molecule has 1 unspecified atom stereocenters. The van der Waals surface area contributed by atoms with E-state index in [1.54, 1.807) is 7.11 Å². The van der Waals surface area contributed by atoms with E-state index in [9.17, 15) is 4.79 Å². The van der Waals surface area contributed by atoms with Crippen molar-refractivity contribution < 1.29 is 19.0 Å². The Morgan fingerprint density at radius 3 is 2.88 bits per heavy atom. The summed E-state index contributed by atoms with van der Waals surface area (Å²) >= 11 is 0. The average Bonchev–Trinajstić information content (AvgIpc) is 2.81. The van der Waals surface area contributed by atoms with E-state index in [-0.39, 0.29) is 24.4 Å². The lowest BCUT2D eigenvalue weighted by molar-refractivity contribution is -0.119. The third kappa shape index (κ3) is 8.16. The first-order valence-corrected chi connectivity index (χ1v) is 11.4. The number of ether oxygens (including phenoxy) is 3. The molecule has 3 rings (SSSR count). The monoisotopic (exact) mass is 454 g/mol. The average molecular weight is 455 g/mol. The molecule has 8 heteroatoms. The number of methoxy groups -OCH3 is 1. The van der Waals surface area contributed by atoms with Gasteiger partial charge >= 0.3 is 0 Å². The van der Waals surface area contributed by atoms with Crippen LogP contribution in [-0.2, 0) is 27.1 Å². The van der Waals surface area contributed by atoms with Crippen LogP contribution in [0.2, 0.25) is 0 Å². The van der Waals surface area contributed by atoms with Gasteiger partial charge in [-0.15, -0.1) is 0 Å². The molecule has 33 heavy (non-hydrogen) atoms. The molecule has 0 spiro atoms. The van der Waals surface area contributed by atoms with Gasteiger partial charge in [0, 0.05) is 45.2 Å². The molecule has 5 N–H and O–H groups in total. The molecule has 2 aromatic carbocycles. The molecule has 1 heterocycles. The number of hydrogen-bond donors (Lipinski definition) is 4. The van der Waals surface area contributed by atoms with Crippen LogP contribution in [0.15, 0.2) is 42.5 Å². The minimum atomic E-state index is -0.341. The zero-order valence-electron chi connectivity index (χ0n) is 19.2. The largest absolute Gasteiger partial charge is 0.493 e. The van der Waals surface area contributed by atoms with E-state index in [0.29, 0.717) is 19.6 Å². The summed E-state index contributed by atoms with van der Waals surface area (Å²) in [5.41, 5.74) is 9.52. The van der Waals surface area contributed by atoms with Gasteiger partial charge in [0.15, 0.2) is 5.96 Å². The van der Waals surface area contributed by atoms with Crippen molar-refractivity contribution in [2.24, 2.45) is 5.73 Å². The number of amides is 1. The molecule has 1 saturated heterocycles. The van der Waals surface area contributed by atoms with Crippen molar-refractivity contribution in [1.29, 1.82) is 5.41 Å². The summed E-state index contributed by atoms with van der Waals surface area (Å²) < 4.78 is 17.1. The fraction of sp³-hybridized carbons (Fsp3) is 0.440. The summed E-state index contributed by atoms with van der Waals surface area (Å²) in [6.45, 7) is 3.68. The number of nitrogens with one attached hydrogen (secondary N) is 3. The Balaban J connectivity index is 1.76. The Bertz CT molecular complexity index is 928. The third-order valence-corrected chi connectivity index (χ3v) is 5.42. The number of carbonyl (C=O) groups is 1. The van der Waals surface area contributed by atoms with E-state index >= 15 is 0 Å². The topological polar surface area (TPSA) is 119 Å². The Morgan fingerprint density at radius 2 is 2.12 bits per heavy atom. The highest BCUT2D eigenvalue weighted by atomic mass is 16.5. The lowest BCUT2D eigenvalue weighted by Crippen LogP contribution is -2.39. The Morgan fingerprint density at radius 1 is 1.24 bits per heavy atom. The van der Waals surface area contributed by atoms with Crippen LogP contribution in [-0.4, -0.2) is 58.0 Å². The summed E-state index contributed by atoms with van der Waals surface area (Å²) in [6, 6.07) is 14.5. The minimum Gasteiger partial charge on any atom is -0.493 e. The van der Waals surface area contributed by atoms with Crippen LogP contribution in [0.1, 0.15) is 24.0 Å². The third-order valence-electron chi connectivity index (χ3n) is 5.42.